The van der Waals surface area contributed by atoms with E-state index in [-0.39, 0.29) is 5.41 Å². The van der Waals surface area contributed by atoms with E-state index in [4.69, 9.17) is 0 Å². The van der Waals surface area contributed by atoms with Gasteiger partial charge in [0, 0.05) is 11.8 Å². The van der Waals surface area contributed by atoms with Crippen LogP contribution in [0.1, 0.15) is 32.6 Å². The van der Waals surface area contributed by atoms with Gasteiger partial charge in [-0.1, -0.05) is 6.42 Å². The Hall–Kier alpha value is -0.770. The van der Waals surface area contributed by atoms with E-state index >= 15 is 0 Å². The Kier molecular flexibility index (Phi) is 2.11. The van der Waals surface area contributed by atoms with Crippen LogP contribution in [-0.4, -0.2) is 6.29 Å². The minimum absolute atomic E-state index is 0.0387. The van der Waals surface area contributed by atoms with Crippen LogP contribution in [0, 0.1) is 17.3 Å². The van der Waals surface area contributed by atoms with Crippen LogP contribution < -0.4 is 0 Å². The first kappa shape index (κ1) is 7.34. The van der Waals surface area contributed by atoms with Gasteiger partial charge in [0.15, 0.2) is 0 Å². The van der Waals surface area contributed by atoms with Crippen LogP contribution in [0.4, 0.5) is 0 Å². The molecular formula is C9H12O. The maximum atomic E-state index is 10.5. The van der Waals surface area contributed by atoms with Crippen molar-refractivity contribution in [3.05, 3.63) is 0 Å². The lowest BCUT2D eigenvalue weighted by molar-refractivity contribution is -0.120. The van der Waals surface area contributed by atoms with Crippen molar-refractivity contribution in [1.82, 2.24) is 0 Å². The Bertz CT molecular complexity index is 179. The van der Waals surface area contributed by atoms with E-state index in [9.17, 15) is 4.79 Å². The van der Waals surface area contributed by atoms with Crippen LogP contribution in [0.15, 0.2) is 0 Å². The molecule has 0 aromatic heterocycles. The molecule has 0 bridgehead atoms. The fourth-order valence-corrected chi connectivity index (χ4v) is 1.23. The first-order valence-corrected chi connectivity index (χ1v) is 3.69. The summed E-state index contributed by atoms with van der Waals surface area (Å²) >= 11 is 0. The quantitative estimate of drug-likeness (QED) is 0.417. The van der Waals surface area contributed by atoms with Crippen LogP contribution in [-0.2, 0) is 4.79 Å². The van der Waals surface area contributed by atoms with Crippen LogP contribution in [0.25, 0.3) is 0 Å². The number of hydrogen-bond acceptors (Lipinski definition) is 1. The SMILES string of the molecule is CC#CCC1(C=O)CCC1. The summed E-state index contributed by atoms with van der Waals surface area (Å²) in [5.41, 5.74) is -0.0387. The van der Waals surface area contributed by atoms with E-state index < -0.39 is 0 Å². The maximum absolute atomic E-state index is 10.5. The van der Waals surface area contributed by atoms with E-state index in [2.05, 4.69) is 11.8 Å². The summed E-state index contributed by atoms with van der Waals surface area (Å²) in [7, 11) is 0. The van der Waals surface area contributed by atoms with Crippen molar-refractivity contribution in [2.24, 2.45) is 5.41 Å². The molecule has 1 fully saturated rings. The topological polar surface area (TPSA) is 17.1 Å². The van der Waals surface area contributed by atoms with Crippen molar-refractivity contribution in [2.75, 3.05) is 0 Å². The number of rotatable bonds is 2. The molecule has 1 rings (SSSR count). The van der Waals surface area contributed by atoms with Gasteiger partial charge < -0.3 is 4.79 Å². The lowest BCUT2D eigenvalue weighted by Gasteiger charge is -2.34. The largest absolute Gasteiger partial charge is 0.303 e. The van der Waals surface area contributed by atoms with Crippen molar-refractivity contribution in [1.29, 1.82) is 0 Å². The second-order valence-corrected chi connectivity index (χ2v) is 2.94. The smallest absolute Gasteiger partial charge is 0.127 e. The number of hydrogen-bond donors (Lipinski definition) is 0. The molecule has 1 nitrogen and oxygen atoms in total. The first-order chi connectivity index (χ1) is 4.83. The number of aldehydes is 1. The Labute approximate surface area is 61.8 Å². The first-order valence-electron chi connectivity index (χ1n) is 3.69. The molecule has 10 heavy (non-hydrogen) atoms. The van der Waals surface area contributed by atoms with E-state index in [1.54, 1.807) is 0 Å². The molecular weight excluding hydrogens is 124 g/mol. The summed E-state index contributed by atoms with van der Waals surface area (Å²) in [5.74, 6) is 5.78. The lowest BCUT2D eigenvalue weighted by atomic mass is 9.68. The monoisotopic (exact) mass is 136 g/mol. The van der Waals surface area contributed by atoms with E-state index in [1.807, 2.05) is 6.92 Å². The van der Waals surface area contributed by atoms with Gasteiger partial charge in [-0.25, -0.2) is 0 Å². The fourth-order valence-electron chi connectivity index (χ4n) is 1.23. The van der Waals surface area contributed by atoms with Gasteiger partial charge in [0.25, 0.3) is 0 Å². The van der Waals surface area contributed by atoms with Crippen LogP contribution in [0.3, 0.4) is 0 Å². The average Bonchev–Trinajstić information content (AvgIpc) is 1.87. The molecule has 0 unspecified atom stereocenters. The highest BCUT2D eigenvalue weighted by atomic mass is 16.1. The molecule has 0 spiro atoms. The summed E-state index contributed by atoms with van der Waals surface area (Å²) in [4.78, 5) is 10.5. The van der Waals surface area contributed by atoms with Crippen molar-refractivity contribution in [3.8, 4) is 11.8 Å². The van der Waals surface area contributed by atoms with Gasteiger partial charge in [0.2, 0.25) is 0 Å². The number of carbonyl (C=O) groups is 1. The van der Waals surface area contributed by atoms with Crippen LogP contribution in [0.5, 0.6) is 0 Å². The molecule has 0 amide bonds. The standard InChI is InChI=1S/C9H12O/c1-2-3-5-9(8-10)6-4-7-9/h8H,4-7H2,1H3. The molecule has 1 aliphatic rings. The van der Waals surface area contributed by atoms with Gasteiger partial charge in [-0.05, 0) is 19.8 Å². The molecule has 0 radical (unpaired) electrons. The highest BCUT2D eigenvalue weighted by Crippen LogP contribution is 2.41. The molecule has 0 saturated heterocycles. The zero-order valence-electron chi connectivity index (χ0n) is 6.31. The molecule has 1 aliphatic carbocycles. The van der Waals surface area contributed by atoms with Crippen molar-refractivity contribution in [2.45, 2.75) is 32.6 Å². The summed E-state index contributed by atoms with van der Waals surface area (Å²) in [5, 5.41) is 0. The third-order valence-electron chi connectivity index (χ3n) is 2.22. The third kappa shape index (κ3) is 1.21. The van der Waals surface area contributed by atoms with Crippen molar-refractivity contribution < 1.29 is 4.79 Å². The Morgan fingerprint density at radius 1 is 1.60 bits per heavy atom. The molecule has 0 N–H and O–H groups in total. The maximum Gasteiger partial charge on any atom is 0.127 e. The number of carbonyl (C=O) groups excluding carboxylic acids is 1. The van der Waals surface area contributed by atoms with Crippen LogP contribution >= 0.6 is 0 Å². The van der Waals surface area contributed by atoms with E-state index in [1.165, 1.54) is 6.42 Å². The molecule has 0 atom stereocenters. The molecule has 0 aromatic carbocycles. The van der Waals surface area contributed by atoms with Gasteiger partial charge >= 0.3 is 0 Å². The minimum Gasteiger partial charge on any atom is -0.303 e. The molecule has 0 aliphatic heterocycles. The second kappa shape index (κ2) is 2.88. The van der Waals surface area contributed by atoms with Gasteiger partial charge in [-0.3, -0.25) is 0 Å². The predicted octanol–water partition coefficient (Wildman–Crippen LogP) is 1.77. The highest BCUT2D eigenvalue weighted by Gasteiger charge is 2.35. The molecule has 0 aromatic rings. The van der Waals surface area contributed by atoms with Gasteiger partial charge in [0.05, 0.1) is 0 Å². The van der Waals surface area contributed by atoms with Gasteiger partial charge in [-0.2, -0.15) is 0 Å². The highest BCUT2D eigenvalue weighted by molar-refractivity contribution is 5.61. The summed E-state index contributed by atoms with van der Waals surface area (Å²) in [6, 6.07) is 0. The average molecular weight is 136 g/mol. The van der Waals surface area contributed by atoms with E-state index in [0.717, 1.165) is 25.5 Å². The Balaban J connectivity index is 2.45. The summed E-state index contributed by atoms with van der Waals surface area (Å²) in [6.07, 6.45) is 5.15. The normalized spacial score (nSPS) is 20.1. The molecule has 1 heteroatoms. The lowest BCUT2D eigenvalue weighted by Crippen LogP contribution is -2.30. The minimum atomic E-state index is -0.0387. The second-order valence-electron chi connectivity index (χ2n) is 2.94. The molecule has 1 saturated carbocycles. The molecule has 54 valence electrons. The zero-order valence-corrected chi connectivity index (χ0v) is 6.31. The Morgan fingerprint density at radius 2 is 2.30 bits per heavy atom. The van der Waals surface area contributed by atoms with Crippen molar-refractivity contribution in [3.63, 3.8) is 0 Å². The van der Waals surface area contributed by atoms with Gasteiger partial charge in [0.1, 0.15) is 6.29 Å². The third-order valence-corrected chi connectivity index (χ3v) is 2.22. The van der Waals surface area contributed by atoms with Crippen molar-refractivity contribution >= 4 is 6.29 Å². The van der Waals surface area contributed by atoms with E-state index in [0.29, 0.717) is 0 Å². The fraction of sp³-hybridized carbons (Fsp3) is 0.667. The summed E-state index contributed by atoms with van der Waals surface area (Å²) in [6.45, 7) is 1.82. The molecule has 0 heterocycles. The Morgan fingerprint density at radius 3 is 2.60 bits per heavy atom. The van der Waals surface area contributed by atoms with Gasteiger partial charge in [-0.15, -0.1) is 11.8 Å². The summed E-state index contributed by atoms with van der Waals surface area (Å²) < 4.78 is 0. The predicted molar refractivity (Wildman–Crippen MR) is 40.4 cm³/mol. The zero-order chi connectivity index (χ0) is 7.45. The van der Waals surface area contributed by atoms with Crippen LogP contribution in [0.2, 0.25) is 0 Å².